The summed E-state index contributed by atoms with van der Waals surface area (Å²) < 4.78 is 17.2. The van der Waals surface area contributed by atoms with Gasteiger partial charge in [0, 0.05) is 16.6 Å². The van der Waals surface area contributed by atoms with Gasteiger partial charge in [-0.15, -0.1) is 0 Å². The average molecular weight is 336 g/mol. The van der Waals surface area contributed by atoms with Gasteiger partial charge < -0.3 is 19.5 Å². The lowest BCUT2D eigenvalue weighted by Crippen LogP contribution is -2.02. The second-order valence-corrected chi connectivity index (χ2v) is 5.26. The van der Waals surface area contributed by atoms with Gasteiger partial charge in [-0.2, -0.15) is 0 Å². The summed E-state index contributed by atoms with van der Waals surface area (Å²) in [4.78, 5) is 0. The second kappa shape index (κ2) is 5.63. The minimum atomic E-state index is 0.284. The fraction of sp³-hybridized carbons (Fsp3) is 0.200. The van der Waals surface area contributed by atoms with E-state index in [1.54, 1.807) is 7.11 Å². The molecule has 1 N–H and O–H groups in total. The summed E-state index contributed by atoms with van der Waals surface area (Å²) in [5.41, 5.74) is 1.99. The minimum absolute atomic E-state index is 0.284. The Morgan fingerprint density at radius 2 is 2.15 bits per heavy atom. The van der Waals surface area contributed by atoms with E-state index < -0.39 is 0 Å². The maximum Gasteiger partial charge on any atom is 0.231 e. The summed E-state index contributed by atoms with van der Waals surface area (Å²) in [5, 5.41) is 3.36. The molecule has 0 bridgehead atoms. The van der Waals surface area contributed by atoms with Crippen LogP contribution < -0.4 is 19.5 Å². The van der Waals surface area contributed by atoms with Crippen molar-refractivity contribution in [3.63, 3.8) is 0 Å². The first-order valence-corrected chi connectivity index (χ1v) is 7.02. The van der Waals surface area contributed by atoms with Gasteiger partial charge in [0.1, 0.15) is 5.75 Å². The first kappa shape index (κ1) is 13.1. The van der Waals surface area contributed by atoms with Gasteiger partial charge in [-0.3, -0.25) is 0 Å². The SMILES string of the molecule is COc1ccc(Br)cc1NCc1cccc2c1OCO2. The van der Waals surface area contributed by atoms with E-state index in [0.717, 1.165) is 33.0 Å². The van der Waals surface area contributed by atoms with E-state index in [-0.39, 0.29) is 6.79 Å². The average Bonchev–Trinajstić information content (AvgIpc) is 2.94. The van der Waals surface area contributed by atoms with Crippen LogP contribution in [0.25, 0.3) is 0 Å². The van der Waals surface area contributed by atoms with Crippen molar-refractivity contribution < 1.29 is 14.2 Å². The Morgan fingerprint density at radius 1 is 1.25 bits per heavy atom. The third-order valence-corrected chi connectivity index (χ3v) is 3.60. The fourth-order valence-corrected chi connectivity index (χ4v) is 2.50. The summed E-state index contributed by atoms with van der Waals surface area (Å²) in [7, 11) is 1.66. The van der Waals surface area contributed by atoms with Gasteiger partial charge in [0.15, 0.2) is 11.5 Å². The maximum absolute atomic E-state index is 5.50. The normalized spacial score (nSPS) is 12.3. The van der Waals surface area contributed by atoms with Gasteiger partial charge in [0.25, 0.3) is 0 Å². The third kappa shape index (κ3) is 2.54. The van der Waals surface area contributed by atoms with E-state index in [1.165, 1.54) is 0 Å². The molecule has 2 aromatic rings. The molecule has 5 heteroatoms. The van der Waals surface area contributed by atoms with Gasteiger partial charge >= 0.3 is 0 Å². The van der Waals surface area contributed by atoms with Crippen LogP contribution in [-0.4, -0.2) is 13.9 Å². The predicted octanol–water partition coefficient (Wildman–Crippen LogP) is 3.80. The first-order valence-electron chi connectivity index (χ1n) is 6.23. The molecule has 2 aromatic carbocycles. The standard InChI is InChI=1S/C15H14BrNO3/c1-18-13-6-5-11(16)7-12(13)17-8-10-3-2-4-14-15(10)20-9-19-14/h2-7,17H,8-9H2,1H3. The number of hydrogen-bond donors (Lipinski definition) is 1. The molecule has 0 saturated heterocycles. The summed E-state index contributed by atoms with van der Waals surface area (Å²) in [6.45, 7) is 0.923. The Kier molecular flexibility index (Phi) is 3.69. The Hall–Kier alpha value is -1.88. The molecule has 0 amide bonds. The van der Waals surface area contributed by atoms with Crippen LogP contribution in [0, 0.1) is 0 Å². The van der Waals surface area contributed by atoms with Crippen LogP contribution >= 0.6 is 15.9 Å². The van der Waals surface area contributed by atoms with E-state index in [2.05, 4.69) is 21.2 Å². The highest BCUT2D eigenvalue weighted by atomic mass is 79.9. The summed E-state index contributed by atoms with van der Waals surface area (Å²) in [6.07, 6.45) is 0. The zero-order valence-corrected chi connectivity index (χ0v) is 12.6. The molecule has 4 nitrogen and oxygen atoms in total. The van der Waals surface area contributed by atoms with Crippen LogP contribution in [0.3, 0.4) is 0 Å². The number of para-hydroxylation sites is 1. The van der Waals surface area contributed by atoms with Crippen molar-refractivity contribution in [2.75, 3.05) is 19.2 Å². The lowest BCUT2D eigenvalue weighted by atomic mass is 10.2. The molecule has 0 aliphatic carbocycles. The molecule has 0 saturated carbocycles. The topological polar surface area (TPSA) is 39.7 Å². The van der Waals surface area contributed by atoms with Crippen molar-refractivity contribution in [3.05, 3.63) is 46.4 Å². The number of fused-ring (bicyclic) bond motifs is 1. The molecule has 3 rings (SSSR count). The van der Waals surface area contributed by atoms with E-state index in [4.69, 9.17) is 14.2 Å². The van der Waals surface area contributed by atoms with Crippen molar-refractivity contribution in [1.82, 2.24) is 0 Å². The van der Waals surface area contributed by atoms with Gasteiger partial charge in [-0.05, 0) is 24.3 Å². The monoisotopic (exact) mass is 335 g/mol. The van der Waals surface area contributed by atoms with Gasteiger partial charge in [0.05, 0.1) is 12.8 Å². The van der Waals surface area contributed by atoms with E-state index in [1.807, 2.05) is 36.4 Å². The molecule has 0 unspecified atom stereocenters. The van der Waals surface area contributed by atoms with Crippen LogP contribution in [0.15, 0.2) is 40.9 Å². The predicted molar refractivity (Wildman–Crippen MR) is 80.6 cm³/mol. The Labute approximate surface area is 125 Å². The zero-order chi connectivity index (χ0) is 13.9. The quantitative estimate of drug-likeness (QED) is 0.922. The molecule has 0 spiro atoms. The van der Waals surface area contributed by atoms with Crippen LogP contribution in [0.5, 0.6) is 17.2 Å². The fourth-order valence-electron chi connectivity index (χ4n) is 2.14. The number of nitrogens with one attached hydrogen (secondary N) is 1. The second-order valence-electron chi connectivity index (χ2n) is 4.35. The molecular weight excluding hydrogens is 322 g/mol. The van der Waals surface area contributed by atoms with Gasteiger partial charge in [-0.25, -0.2) is 0 Å². The Morgan fingerprint density at radius 3 is 3.00 bits per heavy atom. The molecule has 104 valence electrons. The van der Waals surface area contributed by atoms with Gasteiger partial charge in [-0.1, -0.05) is 28.1 Å². The molecular formula is C15H14BrNO3. The molecule has 20 heavy (non-hydrogen) atoms. The van der Waals surface area contributed by atoms with Crippen molar-refractivity contribution in [1.29, 1.82) is 0 Å². The zero-order valence-electron chi connectivity index (χ0n) is 11.0. The van der Waals surface area contributed by atoms with E-state index >= 15 is 0 Å². The molecule has 1 aliphatic rings. The number of ether oxygens (including phenoxy) is 3. The van der Waals surface area contributed by atoms with Crippen LogP contribution in [0.1, 0.15) is 5.56 Å². The molecule has 0 atom stereocenters. The molecule has 0 fully saturated rings. The molecule has 0 aromatic heterocycles. The highest BCUT2D eigenvalue weighted by Gasteiger charge is 2.17. The summed E-state index contributed by atoms with van der Waals surface area (Å²) in [5.74, 6) is 2.41. The van der Waals surface area contributed by atoms with Crippen LogP contribution in [0.4, 0.5) is 5.69 Å². The lowest BCUT2D eigenvalue weighted by molar-refractivity contribution is 0.173. The summed E-state index contributed by atoms with van der Waals surface area (Å²) in [6, 6.07) is 11.7. The summed E-state index contributed by atoms with van der Waals surface area (Å²) >= 11 is 3.46. The van der Waals surface area contributed by atoms with E-state index in [0.29, 0.717) is 6.54 Å². The number of benzene rings is 2. The number of anilines is 1. The first-order chi connectivity index (χ1) is 9.78. The van der Waals surface area contributed by atoms with Crippen molar-refractivity contribution in [2.24, 2.45) is 0 Å². The number of halogens is 1. The minimum Gasteiger partial charge on any atom is -0.495 e. The van der Waals surface area contributed by atoms with Crippen molar-refractivity contribution >= 4 is 21.6 Å². The Balaban J connectivity index is 1.80. The highest BCUT2D eigenvalue weighted by Crippen LogP contribution is 2.36. The molecule has 1 aliphatic heterocycles. The van der Waals surface area contributed by atoms with Crippen LogP contribution in [0.2, 0.25) is 0 Å². The lowest BCUT2D eigenvalue weighted by Gasteiger charge is -2.12. The highest BCUT2D eigenvalue weighted by molar-refractivity contribution is 9.10. The van der Waals surface area contributed by atoms with Crippen LogP contribution in [-0.2, 0) is 6.54 Å². The van der Waals surface area contributed by atoms with Crippen molar-refractivity contribution in [3.8, 4) is 17.2 Å². The number of rotatable bonds is 4. The third-order valence-electron chi connectivity index (χ3n) is 3.11. The molecule has 1 heterocycles. The van der Waals surface area contributed by atoms with Gasteiger partial charge in [0.2, 0.25) is 6.79 Å². The Bertz CT molecular complexity index is 629. The largest absolute Gasteiger partial charge is 0.495 e. The number of methoxy groups -OCH3 is 1. The smallest absolute Gasteiger partial charge is 0.231 e. The van der Waals surface area contributed by atoms with E-state index in [9.17, 15) is 0 Å². The van der Waals surface area contributed by atoms with Crippen molar-refractivity contribution in [2.45, 2.75) is 6.54 Å². The maximum atomic E-state index is 5.50. The molecule has 0 radical (unpaired) electrons. The number of hydrogen-bond acceptors (Lipinski definition) is 4.